The van der Waals surface area contributed by atoms with E-state index in [-0.39, 0.29) is 11.4 Å². The van der Waals surface area contributed by atoms with Crippen molar-refractivity contribution in [1.29, 1.82) is 0 Å². The first-order chi connectivity index (χ1) is 15.7. The Balaban J connectivity index is 1.69. The SMILES string of the molecule is C[C@H](NC(=O)c1c(Oc2cccc(Cl)c2)nnc2ccccc12)c1cccc(C(F)(F)F)c1. The average molecular weight is 472 g/mol. The van der Waals surface area contributed by atoms with Gasteiger partial charge in [-0.15, -0.1) is 10.2 Å². The molecule has 1 amide bonds. The summed E-state index contributed by atoms with van der Waals surface area (Å²) in [5.74, 6) is -0.264. The van der Waals surface area contributed by atoms with Gasteiger partial charge in [0.05, 0.1) is 17.1 Å². The molecule has 0 aliphatic carbocycles. The average Bonchev–Trinajstić information content (AvgIpc) is 2.78. The molecule has 0 spiro atoms. The fourth-order valence-corrected chi connectivity index (χ4v) is 3.49. The van der Waals surface area contributed by atoms with Gasteiger partial charge in [-0.2, -0.15) is 13.2 Å². The predicted molar refractivity (Wildman–Crippen MR) is 118 cm³/mol. The lowest BCUT2D eigenvalue weighted by Crippen LogP contribution is -2.28. The maximum Gasteiger partial charge on any atom is 0.416 e. The number of fused-ring (bicyclic) bond motifs is 1. The highest BCUT2D eigenvalue weighted by atomic mass is 35.5. The van der Waals surface area contributed by atoms with E-state index < -0.39 is 23.7 Å². The van der Waals surface area contributed by atoms with Crippen molar-refractivity contribution >= 4 is 28.4 Å². The molecule has 33 heavy (non-hydrogen) atoms. The molecule has 0 aliphatic rings. The first kappa shape index (κ1) is 22.5. The molecule has 0 radical (unpaired) electrons. The molecule has 0 saturated heterocycles. The number of benzene rings is 3. The number of carbonyl (C=O) groups is 1. The van der Waals surface area contributed by atoms with Crippen LogP contribution in [0.5, 0.6) is 11.6 Å². The Labute approximate surface area is 192 Å². The predicted octanol–water partition coefficient (Wildman–Crippen LogP) is 6.59. The fourth-order valence-electron chi connectivity index (χ4n) is 3.31. The molecule has 0 bridgehead atoms. The van der Waals surface area contributed by atoms with E-state index in [0.717, 1.165) is 12.1 Å². The Morgan fingerprint density at radius 2 is 1.76 bits per heavy atom. The van der Waals surface area contributed by atoms with Gasteiger partial charge in [0, 0.05) is 10.4 Å². The van der Waals surface area contributed by atoms with Crippen LogP contribution >= 0.6 is 11.6 Å². The van der Waals surface area contributed by atoms with Crippen LogP contribution in [0, 0.1) is 0 Å². The molecule has 1 aromatic heterocycles. The molecule has 4 aromatic rings. The fraction of sp³-hybridized carbons (Fsp3) is 0.125. The summed E-state index contributed by atoms with van der Waals surface area (Å²) < 4.78 is 45.1. The van der Waals surface area contributed by atoms with Gasteiger partial charge in [0.1, 0.15) is 11.3 Å². The number of halogens is 4. The molecule has 3 aromatic carbocycles. The van der Waals surface area contributed by atoms with Gasteiger partial charge in [-0.3, -0.25) is 4.79 Å². The zero-order valence-corrected chi connectivity index (χ0v) is 18.0. The van der Waals surface area contributed by atoms with E-state index >= 15 is 0 Å². The lowest BCUT2D eigenvalue weighted by molar-refractivity contribution is -0.137. The van der Waals surface area contributed by atoms with Gasteiger partial charge in [-0.25, -0.2) is 0 Å². The number of ether oxygens (including phenoxy) is 1. The van der Waals surface area contributed by atoms with Crippen LogP contribution in [-0.2, 0) is 6.18 Å². The minimum absolute atomic E-state index is 0.0512. The molecule has 0 saturated carbocycles. The third-order valence-electron chi connectivity index (χ3n) is 4.94. The molecule has 4 rings (SSSR count). The summed E-state index contributed by atoms with van der Waals surface area (Å²) in [6, 6.07) is 17.5. The van der Waals surface area contributed by atoms with E-state index in [0.29, 0.717) is 27.2 Å². The van der Waals surface area contributed by atoms with E-state index in [1.54, 1.807) is 55.5 Å². The van der Waals surface area contributed by atoms with Gasteiger partial charge in [0.2, 0.25) is 0 Å². The molecule has 1 atom stereocenters. The van der Waals surface area contributed by atoms with Crippen LogP contribution in [0.4, 0.5) is 13.2 Å². The summed E-state index contributed by atoms with van der Waals surface area (Å²) in [6.07, 6.45) is -4.48. The van der Waals surface area contributed by atoms with Crippen LogP contribution in [0.1, 0.15) is 34.5 Å². The summed E-state index contributed by atoms with van der Waals surface area (Å²) in [7, 11) is 0. The largest absolute Gasteiger partial charge is 0.437 e. The molecule has 1 heterocycles. The standard InChI is InChI=1S/C24H17ClF3N3O2/c1-14(15-6-4-7-16(12-15)24(26,27)28)29-22(32)21-19-10-2-3-11-20(19)30-31-23(21)33-18-9-5-8-17(25)13-18/h2-14H,1H3,(H,29,32)/t14-/m0/s1. The second kappa shape index (κ2) is 9.07. The van der Waals surface area contributed by atoms with Crippen molar-refractivity contribution in [3.8, 4) is 11.6 Å². The minimum atomic E-state index is -4.48. The van der Waals surface area contributed by atoms with Gasteiger partial charge in [0.25, 0.3) is 11.8 Å². The van der Waals surface area contributed by atoms with Crippen LogP contribution in [0.2, 0.25) is 5.02 Å². The molecule has 1 N–H and O–H groups in total. The molecule has 168 valence electrons. The van der Waals surface area contributed by atoms with Crippen molar-refractivity contribution in [1.82, 2.24) is 15.5 Å². The maximum absolute atomic E-state index is 13.3. The summed E-state index contributed by atoms with van der Waals surface area (Å²) in [6.45, 7) is 1.60. The summed E-state index contributed by atoms with van der Waals surface area (Å²) >= 11 is 6.01. The Morgan fingerprint density at radius 3 is 2.52 bits per heavy atom. The number of aromatic nitrogens is 2. The van der Waals surface area contributed by atoms with E-state index in [1.165, 1.54) is 12.1 Å². The van der Waals surface area contributed by atoms with Crippen molar-refractivity contribution in [3.05, 3.63) is 94.5 Å². The molecule has 5 nitrogen and oxygen atoms in total. The van der Waals surface area contributed by atoms with Gasteiger partial charge < -0.3 is 10.1 Å². The number of rotatable bonds is 5. The van der Waals surface area contributed by atoms with Crippen LogP contribution in [-0.4, -0.2) is 16.1 Å². The van der Waals surface area contributed by atoms with E-state index in [1.807, 2.05) is 0 Å². The highest BCUT2D eigenvalue weighted by Crippen LogP contribution is 2.32. The number of nitrogens with zero attached hydrogens (tertiary/aromatic N) is 2. The topological polar surface area (TPSA) is 64.1 Å². The van der Waals surface area contributed by atoms with Crippen LogP contribution < -0.4 is 10.1 Å². The molecule has 9 heteroatoms. The van der Waals surface area contributed by atoms with E-state index in [2.05, 4.69) is 15.5 Å². The summed E-state index contributed by atoms with van der Waals surface area (Å²) in [5.41, 5.74) is 0.0936. The Morgan fingerprint density at radius 1 is 1.00 bits per heavy atom. The zero-order chi connectivity index (χ0) is 23.6. The third-order valence-corrected chi connectivity index (χ3v) is 5.17. The van der Waals surface area contributed by atoms with Gasteiger partial charge in [0.15, 0.2) is 0 Å². The van der Waals surface area contributed by atoms with Crippen LogP contribution in [0.3, 0.4) is 0 Å². The molecule has 0 fully saturated rings. The Kier molecular flexibility index (Phi) is 6.20. The lowest BCUT2D eigenvalue weighted by atomic mass is 10.0. The number of amides is 1. The zero-order valence-electron chi connectivity index (χ0n) is 17.2. The molecular weight excluding hydrogens is 455 g/mol. The number of hydrogen-bond acceptors (Lipinski definition) is 4. The lowest BCUT2D eigenvalue weighted by Gasteiger charge is -2.18. The summed E-state index contributed by atoms with van der Waals surface area (Å²) in [5, 5.41) is 11.8. The maximum atomic E-state index is 13.3. The van der Waals surface area contributed by atoms with Crippen molar-refractivity contribution in [2.45, 2.75) is 19.1 Å². The monoisotopic (exact) mass is 471 g/mol. The Bertz CT molecular complexity index is 1330. The van der Waals surface area contributed by atoms with Crippen molar-refractivity contribution in [3.63, 3.8) is 0 Å². The number of carbonyl (C=O) groups excluding carboxylic acids is 1. The van der Waals surface area contributed by atoms with Crippen molar-refractivity contribution < 1.29 is 22.7 Å². The second-order valence-corrected chi connectivity index (χ2v) is 7.71. The van der Waals surface area contributed by atoms with Crippen molar-refractivity contribution in [2.24, 2.45) is 0 Å². The molecular formula is C24H17ClF3N3O2. The normalized spacial score (nSPS) is 12.4. The van der Waals surface area contributed by atoms with E-state index in [4.69, 9.17) is 16.3 Å². The molecule has 0 aliphatic heterocycles. The highest BCUT2D eigenvalue weighted by molar-refractivity contribution is 6.30. The van der Waals surface area contributed by atoms with Gasteiger partial charge in [-0.1, -0.05) is 48.0 Å². The first-order valence-electron chi connectivity index (χ1n) is 9.89. The first-order valence-corrected chi connectivity index (χ1v) is 10.3. The number of hydrogen-bond donors (Lipinski definition) is 1. The smallest absolute Gasteiger partial charge is 0.416 e. The van der Waals surface area contributed by atoms with E-state index in [9.17, 15) is 18.0 Å². The molecule has 0 unspecified atom stereocenters. The summed E-state index contributed by atoms with van der Waals surface area (Å²) in [4.78, 5) is 13.3. The highest BCUT2D eigenvalue weighted by Gasteiger charge is 2.31. The van der Waals surface area contributed by atoms with Crippen LogP contribution in [0.15, 0.2) is 72.8 Å². The Hall–Kier alpha value is -3.65. The number of alkyl halides is 3. The minimum Gasteiger partial charge on any atom is -0.437 e. The quantitative estimate of drug-likeness (QED) is 0.357. The van der Waals surface area contributed by atoms with Gasteiger partial charge >= 0.3 is 6.18 Å². The van der Waals surface area contributed by atoms with Gasteiger partial charge in [-0.05, 0) is 48.9 Å². The number of nitrogens with one attached hydrogen (secondary N) is 1. The second-order valence-electron chi connectivity index (χ2n) is 7.28. The third kappa shape index (κ3) is 5.06. The van der Waals surface area contributed by atoms with Crippen LogP contribution in [0.25, 0.3) is 10.9 Å². The van der Waals surface area contributed by atoms with Crippen molar-refractivity contribution in [2.75, 3.05) is 0 Å².